The van der Waals surface area contributed by atoms with Gasteiger partial charge in [0.2, 0.25) is 0 Å². The molecule has 0 fully saturated rings. The van der Waals surface area contributed by atoms with Crippen molar-refractivity contribution in [3.63, 3.8) is 0 Å². The average Bonchev–Trinajstić information content (AvgIpc) is 2.31. The maximum atomic E-state index is 6.57. The Hall–Kier alpha value is -0.743. The lowest BCUT2D eigenvalue weighted by atomic mass is 9.87. The van der Waals surface area contributed by atoms with Crippen molar-refractivity contribution in [2.45, 2.75) is 85.0 Å². The van der Waals surface area contributed by atoms with Crippen LogP contribution in [0.25, 0.3) is 0 Å². The molecule has 0 aromatic heterocycles. The van der Waals surface area contributed by atoms with Crippen molar-refractivity contribution in [1.82, 2.24) is 0 Å². The van der Waals surface area contributed by atoms with Crippen molar-refractivity contribution in [2.75, 3.05) is 0 Å². The molecule has 0 N–H and O–H groups in total. The molecule has 1 nitrogen and oxygen atoms in total. The summed E-state index contributed by atoms with van der Waals surface area (Å²) in [5.74, 6) is 6.68. The minimum atomic E-state index is -1.85. The summed E-state index contributed by atoms with van der Waals surface area (Å²) in [7, 11) is -1.85. The monoisotopic (exact) mass is 306 g/mol. The highest BCUT2D eigenvalue weighted by Gasteiger charge is 2.41. The summed E-state index contributed by atoms with van der Waals surface area (Å²) in [5.41, 5.74) is 2.74. The zero-order valence-corrected chi connectivity index (χ0v) is 16.4. The Kier molecular flexibility index (Phi) is 7.75. The van der Waals surface area contributed by atoms with Crippen molar-refractivity contribution in [3.05, 3.63) is 18.4 Å². The molecule has 0 aliphatic rings. The van der Waals surface area contributed by atoms with Gasteiger partial charge in [-0.1, -0.05) is 60.5 Å². The molecule has 0 spiro atoms. The van der Waals surface area contributed by atoms with E-state index < -0.39 is 8.32 Å². The van der Waals surface area contributed by atoms with E-state index in [0.717, 1.165) is 12.8 Å². The molecule has 21 heavy (non-hydrogen) atoms. The van der Waals surface area contributed by atoms with Gasteiger partial charge in [0, 0.05) is 11.8 Å². The number of rotatable bonds is 6. The highest BCUT2D eigenvalue weighted by molar-refractivity contribution is 6.74. The lowest BCUT2D eigenvalue weighted by Crippen LogP contribution is -2.47. The van der Waals surface area contributed by atoms with Gasteiger partial charge in [-0.2, -0.15) is 0 Å². The summed E-state index contributed by atoms with van der Waals surface area (Å²) in [6.07, 6.45) is 5.17. The topological polar surface area (TPSA) is 9.23 Å². The normalized spacial score (nSPS) is 13.9. The molecule has 0 aromatic carbocycles. The zero-order chi connectivity index (χ0) is 16.7. The lowest BCUT2D eigenvalue weighted by Gasteiger charge is -2.41. The molecule has 1 atom stereocenters. The number of hydrogen-bond donors (Lipinski definition) is 0. The third kappa shape index (κ3) is 6.70. The van der Waals surface area contributed by atoms with Crippen LogP contribution in [-0.4, -0.2) is 14.4 Å². The molecule has 0 amide bonds. The Morgan fingerprint density at radius 1 is 1.19 bits per heavy atom. The van der Waals surface area contributed by atoms with Gasteiger partial charge in [0.1, 0.15) is 6.10 Å². The van der Waals surface area contributed by atoms with Crippen LogP contribution in [0.15, 0.2) is 18.4 Å². The van der Waals surface area contributed by atoms with Crippen LogP contribution in [0.4, 0.5) is 0 Å². The predicted molar refractivity (Wildman–Crippen MR) is 96.9 cm³/mol. The van der Waals surface area contributed by atoms with Crippen LogP contribution in [-0.2, 0) is 4.43 Å². The van der Waals surface area contributed by atoms with Crippen molar-refractivity contribution < 1.29 is 4.43 Å². The first-order valence-corrected chi connectivity index (χ1v) is 10.9. The summed E-state index contributed by atoms with van der Waals surface area (Å²) < 4.78 is 6.57. The van der Waals surface area contributed by atoms with Crippen LogP contribution >= 0.6 is 0 Å². The smallest absolute Gasteiger partial charge is 0.193 e. The van der Waals surface area contributed by atoms with Crippen LogP contribution in [0, 0.1) is 17.3 Å². The Morgan fingerprint density at radius 2 is 1.76 bits per heavy atom. The van der Waals surface area contributed by atoms with Gasteiger partial charge in [-0.15, -0.1) is 11.7 Å². The first-order valence-electron chi connectivity index (χ1n) is 8.01. The molecule has 2 heteroatoms. The second-order valence-corrected chi connectivity index (χ2v) is 12.6. The van der Waals surface area contributed by atoms with Gasteiger partial charge in [-0.25, -0.2) is 0 Å². The quantitative estimate of drug-likeness (QED) is 0.255. The summed E-state index contributed by atoms with van der Waals surface area (Å²) in [6.45, 7) is 21.5. The third-order valence-corrected chi connectivity index (χ3v) is 8.69. The Bertz CT molecular complexity index is 423. The Balaban J connectivity index is 5.32. The molecule has 0 rings (SSSR count). The molecule has 120 valence electrons. The summed E-state index contributed by atoms with van der Waals surface area (Å²) in [4.78, 5) is 0. The summed E-state index contributed by atoms with van der Waals surface area (Å²) >= 11 is 0. The van der Waals surface area contributed by atoms with Gasteiger partial charge in [-0.05, 0) is 30.6 Å². The van der Waals surface area contributed by atoms with Gasteiger partial charge in [0.15, 0.2) is 8.32 Å². The number of hydrogen-bond acceptors (Lipinski definition) is 1. The van der Waals surface area contributed by atoms with Gasteiger partial charge < -0.3 is 4.43 Å². The van der Waals surface area contributed by atoms with Crippen LogP contribution in [0.1, 0.15) is 60.8 Å². The molecule has 0 bridgehead atoms. The highest BCUT2D eigenvalue weighted by atomic mass is 28.4. The predicted octanol–water partition coefficient (Wildman–Crippen LogP) is 5.94. The molecular weight excluding hydrogens is 272 g/mol. The van der Waals surface area contributed by atoms with Gasteiger partial charge >= 0.3 is 0 Å². The molecule has 0 aromatic rings. The molecule has 0 saturated carbocycles. The van der Waals surface area contributed by atoms with E-state index in [9.17, 15) is 0 Å². The highest BCUT2D eigenvalue weighted by Crippen LogP contribution is 2.39. The SMILES string of the molecule is C=C=CC(C)(C)C(C#CCCCC)O[Si](C)(C)C(C)(C)C. The van der Waals surface area contributed by atoms with Crippen molar-refractivity contribution in [3.8, 4) is 11.8 Å². The molecule has 0 heterocycles. The van der Waals surface area contributed by atoms with Gasteiger partial charge in [0.05, 0.1) is 0 Å². The minimum Gasteiger partial charge on any atom is -0.402 e. The summed E-state index contributed by atoms with van der Waals surface area (Å²) in [6, 6.07) is 0. The third-order valence-electron chi connectivity index (χ3n) is 4.26. The molecule has 0 aliphatic heterocycles. The van der Waals surface area contributed by atoms with Crippen LogP contribution in [0.3, 0.4) is 0 Å². The Morgan fingerprint density at radius 3 is 2.19 bits per heavy atom. The van der Waals surface area contributed by atoms with E-state index in [1.165, 1.54) is 6.42 Å². The van der Waals surface area contributed by atoms with E-state index in [2.05, 4.69) is 78.8 Å². The molecule has 1 unspecified atom stereocenters. The van der Waals surface area contributed by atoms with Gasteiger partial charge in [-0.3, -0.25) is 0 Å². The standard InChI is InChI=1S/C19H34OSi/c1-10-12-13-14-15-17(19(6,7)16-11-2)20-21(8,9)18(3,4)5/h16-17H,2,10,12-13H2,1,3-9H3. The minimum absolute atomic E-state index is 0.0931. The first kappa shape index (κ1) is 20.3. The fourth-order valence-electron chi connectivity index (χ4n) is 1.61. The second kappa shape index (κ2) is 8.04. The van der Waals surface area contributed by atoms with Gasteiger partial charge in [0.25, 0.3) is 0 Å². The summed E-state index contributed by atoms with van der Waals surface area (Å²) in [5, 5.41) is 0.185. The van der Waals surface area contributed by atoms with E-state index in [1.807, 2.05) is 6.08 Å². The number of unbranched alkanes of at least 4 members (excludes halogenated alkanes) is 2. The van der Waals surface area contributed by atoms with E-state index in [1.54, 1.807) is 0 Å². The maximum Gasteiger partial charge on any atom is 0.193 e. The lowest BCUT2D eigenvalue weighted by molar-refractivity contribution is 0.142. The fraction of sp³-hybridized carbons (Fsp3) is 0.737. The Labute approximate surface area is 134 Å². The fourth-order valence-corrected chi connectivity index (χ4v) is 2.91. The molecule has 0 saturated heterocycles. The van der Waals surface area contributed by atoms with Crippen LogP contribution in [0.5, 0.6) is 0 Å². The zero-order valence-electron chi connectivity index (χ0n) is 15.4. The van der Waals surface area contributed by atoms with Crippen molar-refractivity contribution in [2.24, 2.45) is 5.41 Å². The van der Waals surface area contributed by atoms with Crippen LogP contribution in [0.2, 0.25) is 18.1 Å². The van der Waals surface area contributed by atoms with E-state index in [-0.39, 0.29) is 16.6 Å². The van der Waals surface area contributed by atoms with E-state index in [0.29, 0.717) is 0 Å². The molecular formula is C19H34OSi. The average molecular weight is 307 g/mol. The van der Waals surface area contributed by atoms with Crippen molar-refractivity contribution in [1.29, 1.82) is 0 Å². The first-order chi connectivity index (χ1) is 9.48. The second-order valence-electron chi connectivity index (χ2n) is 7.85. The molecule has 0 radical (unpaired) electrons. The maximum absolute atomic E-state index is 6.57. The van der Waals surface area contributed by atoms with E-state index in [4.69, 9.17) is 4.43 Å². The van der Waals surface area contributed by atoms with Crippen LogP contribution < -0.4 is 0 Å². The van der Waals surface area contributed by atoms with E-state index >= 15 is 0 Å². The molecule has 0 aliphatic carbocycles. The largest absolute Gasteiger partial charge is 0.402 e. The van der Waals surface area contributed by atoms with Crippen molar-refractivity contribution >= 4 is 8.32 Å².